The van der Waals surface area contributed by atoms with Gasteiger partial charge in [-0.1, -0.05) is 17.3 Å². The summed E-state index contributed by atoms with van der Waals surface area (Å²) in [5.74, 6) is 2.05. The highest BCUT2D eigenvalue weighted by atomic mass is 16.5. The molecule has 4 aromatic rings. The van der Waals surface area contributed by atoms with E-state index in [0.717, 1.165) is 46.4 Å². The minimum Gasteiger partial charge on any atom is -0.497 e. The number of hydrogen-bond acceptors (Lipinski definition) is 7. The van der Waals surface area contributed by atoms with E-state index in [2.05, 4.69) is 39.6 Å². The maximum Gasteiger partial charge on any atom is 0.260 e. The van der Waals surface area contributed by atoms with Gasteiger partial charge >= 0.3 is 0 Å². The van der Waals surface area contributed by atoms with Gasteiger partial charge in [-0.15, -0.1) is 0 Å². The number of fused-ring (bicyclic) bond motifs is 5. The Kier molecular flexibility index (Phi) is 5.01. The molecule has 1 aliphatic carbocycles. The first-order valence-electron chi connectivity index (χ1n) is 12.0. The average Bonchev–Trinajstić information content (AvgIpc) is 3.53. The number of nitrogens with zero attached hydrogens (tertiary/aromatic N) is 5. The van der Waals surface area contributed by atoms with Gasteiger partial charge in [-0.3, -0.25) is 4.79 Å². The molecule has 1 aromatic carbocycles. The standard InChI is InChI=1S/C26H28N6O3/c1-14(2)32-18-12-31(10-9-15-5-4-6-17(11-15)34-3)26(33)21-22(30-35-23(21)16-7-8-16)19(18)20-24(27)28-13-29-25(20)32/h4-6,11,13-14,16H,7-10,12H2,1-3H3,(H2,27,28,29). The number of anilines is 1. The molecule has 180 valence electrons. The summed E-state index contributed by atoms with van der Waals surface area (Å²) in [7, 11) is 1.66. The second-order valence-corrected chi connectivity index (χ2v) is 9.62. The van der Waals surface area contributed by atoms with Gasteiger partial charge in [-0.25, -0.2) is 9.97 Å². The van der Waals surface area contributed by atoms with Gasteiger partial charge in [0.15, 0.2) is 5.76 Å². The topological polar surface area (TPSA) is 112 Å². The zero-order valence-corrected chi connectivity index (χ0v) is 20.1. The third-order valence-corrected chi connectivity index (χ3v) is 6.98. The van der Waals surface area contributed by atoms with Gasteiger partial charge in [0, 0.05) is 29.8 Å². The Morgan fingerprint density at radius 3 is 2.80 bits per heavy atom. The maximum atomic E-state index is 14.0. The van der Waals surface area contributed by atoms with Crippen molar-refractivity contribution in [3.8, 4) is 17.0 Å². The normalized spacial score (nSPS) is 15.4. The number of aromatic nitrogens is 4. The Bertz CT molecular complexity index is 1450. The van der Waals surface area contributed by atoms with Gasteiger partial charge in [0.05, 0.1) is 19.0 Å². The van der Waals surface area contributed by atoms with Crippen LogP contribution in [-0.4, -0.2) is 44.2 Å². The van der Waals surface area contributed by atoms with Crippen LogP contribution >= 0.6 is 0 Å². The highest BCUT2D eigenvalue weighted by Crippen LogP contribution is 2.48. The van der Waals surface area contributed by atoms with E-state index in [1.54, 1.807) is 7.11 Å². The Balaban J connectivity index is 1.51. The summed E-state index contributed by atoms with van der Waals surface area (Å²) in [5, 5.41) is 5.18. The van der Waals surface area contributed by atoms with E-state index in [9.17, 15) is 4.79 Å². The van der Waals surface area contributed by atoms with Crippen LogP contribution < -0.4 is 10.5 Å². The van der Waals surface area contributed by atoms with Crippen molar-refractivity contribution in [2.24, 2.45) is 0 Å². The molecule has 0 atom stereocenters. The van der Waals surface area contributed by atoms with E-state index < -0.39 is 0 Å². The van der Waals surface area contributed by atoms with E-state index in [4.69, 9.17) is 15.0 Å². The average molecular weight is 473 g/mol. The molecule has 6 rings (SSSR count). The number of carbonyl (C=O) groups excluding carboxylic acids is 1. The fourth-order valence-electron chi connectivity index (χ4n) is 5.16. The molecular weight excluding hydrogens is 444 g/mol. The molecule has 1 saturated carbocycles. The molecule has 0 radical (unpaired) electrons. The molecule has 35 heavy (non-hydrogen) atoms. The van der Waals surface area contributed by atoms with Crippen LogP contribution in [0.5, 0.6) is 5.75 Å². The Morgan fingerprint density at radius 1 is 1.23 bits per heavy atom. The molecule has 4 heterocycles. The predicted octanol–water partition coefficient (Wildman–Crippen LogP) is 4.33. The molecule has 9 heteroatoms. The molecule has 2 aliphatic rings. The zero-order valence-electron chi connectivity index (χ0n) is 20.1. The van der Waals surface area contributed by atoms with E-state index >= 15 is 0 Å². The highest BCUT2D eigenvalue weighted by molar-refractivity contribution is 6.09. The van der Waals surface area contributed by atoms with Crippen LogP contribution in [0.15, 0.2) is 35.1 Å². The lowest BCUT2D eigenvalue weighted by molar-refractivity contribution is 0.0742. The quantitative estimate of drug-likeness (QED) is 0.444. The van der Waals surface area contributed by atoms with E-state index in [1.165, 1.54) is 6.33 Å². The van der Waals surface area contributed by atoms with E-state index in [-0.39, 0.29) is 17.9 Å². The number of methoxy groups -OCH3 is 1. The van der Waals surface area contributed by atoms with Gasteiger partial charge in [0.2, 0.25) is 0 Å². The molecule has 0 spiro atoms. The van der Waals surface area contributed by atoms with Crippen molar-refractivity contribution in [2.75, 3.05) is 19.4 Å². The monoisotopic (exact) mass is 472 g/mol. The van der Waals surface area contributed by atoms with Crippen molar-refractivity contribution in [1.29, 1.82) is 0 Å². The number of ether oxygens (including phenoxy) is 1. The van der Waals surface area contributed by atoms with Crippen molar-refractivity contribution in [2.45, 2.75) is 51.6 Å². The Morgan fingerprint density at radius 2 is 2.06 bits per heavy atom. The molecular formula is C26H28N6O3. The summed E-state index contributed by atoms with van der Waals surface area (Å²) in [5.41, 5.74) is 11.1. The highest BCUT2D eigenvalue weighted by Gasteiger charge is 2.41. The summed E-state index contributed by atoms with van der Waals surface area (Å²) in [6.07, 6.45) is 4.19. The summed E-state index contributed by atoms with van der Waals surface area (Å²) < 4.78 is 13.3. The molecule has 1 amide bonds. The second kappa shape index (κ2) is 8.11. The van der Waals surface area contributed by atoms with Crippen LogP contribution in [0.1, 0.15) is 66.0 Å². The van der Waals surface area contributed by atoms with Gasteiger partial charge in [0.25, 0.3) is 5.91 Å². The van der Waals surface area contributed by atoms with E-state index in [1.807, 2.05) is 23.1 Å². The number of rotatable bonds is 6. The predicted molar refractivity (Wildman–Crippen MR) is 131 cm³/mol. The maximum absolute atomic E-state index is 14.0. The van der Waals surface area contributed by atoms with Gasteiger partial charge < -0.3 is 24.5 Å². The molecule has 1 aliphatic heterocycles. The largest absolute Gasteiger partial charge is 0.497 e. The summed E-state index contributed by atoms with van der Waals surface area (Å²) in [6.45, 7) is 5.17. The number of benzene rings is 1. The lowest BCUT2D eigenvalue weighted by Gasteiger charge is -2.23. The fourth-order valence-corrected chi connectivity index (χ4v) is 5.16. The van der Waals surface area contributed by atoms with Crippen molar-refractivity contribution in [3.05, 3.63) is 53.2 Å². The number of carbonyl (C=O) groups is 1. The van der Waals surface area contributed by atoms with Crippen molar-refractivity contribution < 1.29 is 14.1 Å². The van der Waals surface area contributed by atoms with Gasteiger partial charge in [-0.2, -0.15) is 0 Å². The van der Waals surface area contributed by atoms with Crippen LogP contribution in [0.4, 0.5) is 5.82 Å². The molecule has 3 aromatic heterocycles. The molecule has 0 saturated heterocycles. The van der Waals surface area contributed by atoms with E-state index in [0.29, 0.717) is 42.3 Å². The first-order chi connectivity index (χ1) is 17.0. The lowest BCUT2D eigenvalue weighted by Crippen LogP contribution is -2.33. The van der Waals surface area contributed by atoms with Crippen molar-refractivity contribution in [1.82, 2.24) is 24.6 Å². The summed E-state index contributed by atoms with van der Waals surface area (Å²) >= 11 is 0. The Labute approximate surface area is 202 Å². The zero-order chi connectivity index (χ0) is 24.3. The summed E-state index contributed by atoms with van der Waals surface area (Å²) in [4.78, 5) is 24.7. The smallest absolute Gasteiger partial charge is 0.260 e. The van der Waals surface area contributed by atoms with Crippen LogP contribution in [0.2, 0.25) is 0 Å². The third-order valence-electron chi connectivity index (χ3n) is 6.98. The minimum absolute atomic E-state index is 0.0545. The number of hydrogen-bond donors (Lipinski definition) is 1. The number of amides is 1. The SMILES string of the molecule is COc1cccc(CCN2Cc3c(c4c(N)ncnc4n3C(C)C)-c3noc(C4CC4)c3C2=O)c1. The van der Waals surface area contributed by atoms with Crippen LogP contribution in [0.3, 0.4) is 0 Å². The molecule has 0 bridgehead atoms. The minimum atomic E-state index is -0.0545. The molecule has 1 fully saturated rings. The summed E-state index contributed by atoms with van der Waals surface area (Å²) in [6, 6.07) is 8.05. The molecule has 2 N–H and O–H groups in total. The van der Waals surface area contributed by atoms with Crippen molar-refractivity contribution in [3.63, 3.8) is 0 Å². The first-order valence-corrected chi connectivity index (χ1v) is 12.0. The van der Waals surface area contributed by atoms with Crippen molar-refractivity contribution >= 4 is 22.8 Å². The number of nitrogens with two attached hydrogens (primary N) is 1. The van der Waals surface area contributed by atoms with Crippen LogP contribution in [-0.2, 0) is 13.0 Å². The molecule has 0 unspecified atom stereocenters. The first kappa shape index (κ1) is 21.6. The fraction of sp³-hybridized carbons (Fsp3) is 0.385. The Hall–Kier alpha value is -3.88. The van der Waals surface area contributed by atoms with Gasteiger partial charge in [0.1, 0.15) is 34.8 Å². The second-order valence-electron chi connectivity index (χ2n) is 9.62. The third kappa shape index (κ3) is 3.45. The van der Waals surface area contributed by atoms with Crippen LogP contribution in [0.25, 0.3) is 22.3 Å². The lowest BCUT2D eigenvalue weighted by atomic mass is 10.0. The molecule has 9 nitrogen and oxygen atoms in total. The van der Waals surface area contributed by atoms with Gasteiger partial charge in [-0.05, 0) is 50.8 Å². The number of nitrogen functional groups attached to an aromatic ring is 1. The van der Waals surface area contributed by atoms with Crippen LogP contribution in [0, 0.1) is 0 Å².